The van der Waals surface area contributed by atoms with Crippen molar-refractivity contribution >= 4 is 11.8 Å². The summed E-state index contributed by atoms with van der Waals surface area (Å²) >= 11 is 0. The Balaban J connectivity index is 1.50. The lowest BCUT2D eigenvalue weighted by atomic mass is 10.0. The Labute approximate surface area is 252 Å². The summed E-state index contributed by atoms with van der Waals surface area (Å²) in [7, 11) is 0. The van der Waals surface area contributed by atoms with E-state index < -0.39 is 0 Å². The molecule has 4 aromatic carbocycles. The molecule has 42 heavy (non-hydrogen) atoms. The number of hydrogen-bond acceptors (Lipinski definition) is 2. The fourth-order valence-corrected chi connectivity index (χ4v) is 5.32. The molecular formula is C38H44N2O2. The second-order valence-corrected chi connectivity index (χ2v) is 11.0. The van der Waals surface area contributed by atoms with Gasteiger partial charge >= 0.3 is 0 Å². The number of benzene rings is 4. The molecule has 0 saturated carbocycles. The molecule has 2 amide bonds. The SMILES string of the molecule is CCCCCc1ccc(C(=O)N(CCC(=O)N(CCc2ccccc2)Cc2ccccc2)C(C)c2ccccc2)cc1. The minimum Gasteiger partial charge on any atom is -0.338 e. The van der Waals surface area contributed by atoms with Crippen LogP contribution in [0.3, 0.4) is 0 Å². The van der Waals surface area contributed by atoms with Gasteiger partial charge in [-0.05, 0) is 60.6 Å². The lowest BCUT2D eigenvalue weighted by molar-refractivity contribution is -0.132. The zero-order chi connectivity index (χ0) is 29.6. The maximum atomic E-state index is 13.9. The molecule has 0 spiro atoms. The number of carbonyl (C=O) groups is 2. The van der Waals surface area contributed by atoms with Crippen molar-refractivity contribution in [2.24, 2.45) is 0 Å². The zero-order valence-electron chi connectivity index (χ0n) is 25.1. The number of aryl methyl sites for hydroxylation is 1. The van der Waals surface area contributed by atoms with E-state index in [0.29, 0.717) is 25.2 Å². The van der Waals surface area contributed by atoms with Crippen LogP contribution >= 0.6 is 0 Å². The lowest BCUT2D eigenvalue weighted by Gasteiger charge is -2.31. The van der Waals surface area contributed by atoms with Gasteiger partial charge in [-0.3, -0.25) is 9.59 Å². The van der Waals surface area contributed by atoms with Gasteiger partial charge in [0.1, 0.15) is 0 Å². The second-order valence-electron chi connectivity index (χ2n) is 11.0. The maximum Gasteiger partial charge on any atom is 0.254 e. The highest BCUT2D eigenvalue weighted by Crippen LogP contribution is 2.24. The molecule has 0 aliphatic rings. The number of amides is 2. The van der Waals surface area contributed by atoms with E-state index in [2.05, 4.69) is 43.3 Å². The predicted octanol–water partition coefficient (Wildman–Crippen LogP) is 8.28. The molecule has 0 heterocycles. The Morgan fingerprint density at radius 3 is 1.83 bits per heavy atom. The van der Waals surface area contributed by atoms with E-state index in [1.54, 1.807) is 0 Å². The molecule has 0 saturated heterocycles. The average Bonchev–Trinajstić information content (AvgIpc) is 3.04. The van der Waals surface area contributed by atoms with Crippen LogP contribution < -0.4 is 0 Å². The van der Waals surface area contributed by atoms with E-state index in [-0.39, 0.29) is 24.3 Å². The highest BCUT2D eigenvalue weighted by atomic mass is 16.2. The van der Waals surface area contributed by atoms with Gasteiger partial charge < -0.3 is 9.80 Å². The monoisotopic (exact) mass is 560 g/mol. The Morgan fingerprint density at radius 2 is 1.21 bits per heavy atom. The van der Waals surface area contributed by atoms with Gasteiger partial charge in [-0.1, -0.05) is 123 Å². The molecule has 0 aliphatic carbocycles. The van der Waals surface area contributed by atoms with Gasteiger partial charge in [-0.15, -0.1) is 0 Å². The largest absolute Gasteiger partial charge is 0.338 e. The van der Waals surface area contributed by atoms with Crippen LogP contribution in [0.2, 0.25) is 0 Å². The smallest absolute Gasteiger partial charge is 0.254 e. The van der Waals surface area contributed by atoms with Gasteiger partial charge in [0.25, 0.3) is 5.91 Å². The number of carbonyl (C=O) groups excluding carboxylic acids is 2. The fraction of sp³-hybridized carbons (Fsp3) is 0.316. The number of hydrogen-bond donors (Lipinski definition) is 0. The average molecular weight is 561 g/mol. The minimum atomic E-state index is -0.164. The van der Waals surface area contributed by atoms with E-state index >= 15 is 0 Å². The Morgan fingerprint density at radius 1 is 0.643 bits per heavy atom. The third-order valence-electron chi connectivity index (χ3n) is 7.93. The van der Waals surface area contributed by atoms with Crippen molar-refractivity contribution in [3.63, 3.8) is 0 Å². The molecule has 1 atom stereocenters. The van der Waals surface area contributed by atoms with E-state index in [1.165, 1.54) is 24.0 Å². The van der Waals surface area contributed by atoms with Gasteiger partial charge in [0.05, 0.1) is 6.04 Å². The van der Waals surface area contributed by atoms with Crippen molar-refractivity contribution in [2.75, 3.05) is 13.1 Å². The third kappa shape index (κ3) is 9.17. The van der Waals surface area contributed by atoms with Crippen molar-refractivity contribution in [1.82, 2.24) is 9.80 Å². The molecule has 218 valence electrons. The van der Waals surface area contributed by atoms with Crippen molar-refractivity contribution in [3.05, 3.63) is 143 Å². The first kappa shape index (κ1) is 30.8. The topological polar surface area (TPSA) is 40.6 Å². The second kappa shape index (κ2) is 16.3. The van der Waals surface area contributed by atoms with Gasteiger partial charge in [-0.2, -0.15) is 0 Å². The van der Waals surface area contributed by atoms with E-state index in [9.17, 15) is 9.59 Å². The summed E-state index contributed by atoms with van der Waals surface area (Å²) in [6, 6.07) is 38.3. The number of nitrogens with zero attached hydrogens (tertiary/aromatic N) is 2. The quantitative estimate of drug-likeness (QED) is 0.137. The normalized spacial score (nSPS) is 11.6. The van der Waals surface area contributed by atoms with Crippen molar-refractivity contribution in [2.45, 2.75) is 65.0 Å². The van der Waals surface area contributed by atoms with Gasteiger partial charge in [0, 0.05) is 31.6 Å². The van der Waals surface area contributed by atoms with Gasteiger partial charge in [-0.25, -0.2) is 0 Å². The van der Waals surface area contributed by atoms with Crippen LogP contribution in [0.15, 0.2) is 115 Å². The van der Waals surface area contributed by atoms with Crippen molar-refractivity contribution < 1.29 is 9.59 Å². The molecule has 0 N–H and O–H groups in total. The number of rotatable bonds is 15. The molecule has 1 unspecified atom stereocenters. The van der Waals surface area contributed by atoms with Crippen molar-refractivity contribution in [3.8, 4) is 0 Å². The molecule has 0 aromatic heterocycles. The predicted molar refractivity (Wildman–Crippen MR) is 172 cm³/mol. The first-order chi connectivity index (χ1) is 20.5. The molecule has 4 aromatic rings. The van der Waals surface area contributed by atoms with Crippen LogP contribution in [0.1, 0.15) is 78.2 Å². The molecule has 0 aliphatic heterocycles. The molecular weight excluding hydrogens is 516 g/mol. The van der Waals surface area contributed by atoms with Crippen LogP contribution in [-0.4, -0.2) is 34.7 Å². The van der Waals surface area contributed by atoms with Crippen LogP contribution in [0.25, 0.3) is 0 Å². The van der Waals surface area contributed by atoms with Crippen LogP contribution in [-0.2, 0) is 24.2 Å². The van der Waals surface area contributed by atoms with E-state index in [4.69, 9.17) is 0 Å². The summed E-state index contributed by atoms with van der Waals surface area (Å²) in [5, 5.41) is 0. The Kier molecular flexibility index (Phi) is 11.9. The summed E-state index contributed by atoms with van der Waals surface area (Å²) in [4.78, 5) is 31.5. The highest BCUT2D eigenvalue weighted by molar-refractivity contribution is 5.94. The van der Waals surface area contributed by atoms with Gasteiger partial charge in [0.15, 0.2) is 0 Å². The molecule has 4 nitrogen and oxygen atoms in total. The summed E-state index contributed by atoms with van der Waals surface area (Å²) in [5.74, 6) is 0.0114. The van der Waals surface area contributed by atoms with Gasteiger partial charge in [0.2, 0.25) is 5.91 Å². The summed E-state index contributed by atoms with van der Waals surface area (Å²) in [6.07, 6.45) is 5.64. The Hall–Kier alpha value is -4.18. The van der Waals surface area contributed by atoms with Crippen LogP contribution in [0, 0.1) is 0 Å². The molecule has 4 rings (SSSR count). The number of unbranched alkanes of at least 4 members (excludes halogenated alkanes) is 2. The minimum absolute atomic E-state index is 0.0434. The summed E-state index contributed by atoms with van der Waals surface area (Å²) in [6.45, 7) is 5.78. The first-order valence-corrected chi connectivity index (χ1v) is 15.4. The summed E-state index contributed by atoms with van der Waals surface area (Å²) < 4.78 is 0. The molecule has 0 radical (unpaired) electrons. The van der Waals surface area contributed by atoms with E-state index in [1.807, 2.05) is 95.6 Å². The molecule has 4 heteroatoms. The maximum absolute atomic E-state index is 13.9. The molecule has 0 fully saturated rings. The Bertz CT molecular complexity index is 1350. The summed E-state index contributed by atoms with van der Waals surface area (Å²) in [5.41, 5.74) is 5.28. The first-order valence-electron chi connectivity index (χ1n) is 15.4. The van der Waals surface area contributed by atoms with Crippen molar-refractivity contribution in [1.29, 1.82) is 0 Å². The zero-order valence-corrected chi connectivity index (χ0v) is 25.1. The lowest BCUT2D eigenvalue weighted by Crippen LogP contribution is -2.39. The molecule has 0 bridgehead atoms. The fourth-order valence-electron chi connectivity index (χ4n) is 5.32. The van der Waals surface area contributed by atoms with Crippen LogP contribution in [0.4, 0.5) is 0 Å². The standard InChI is InChI=1S/C38H44N2O2/c1-3-4-8-15-33-22-24-36(25-23-33)38(42)40(31(2)35-20-13-7-14-21-35)29-27-37(41)39(30-34-18-11-6-12-19-34)28-26-32-16-9-5-10-17-32/h5-7,9-14,16-25,31H,3-4,8,15,26-30H2,1-2H3. The highest BCUT2D eigenvalue weighted by Gasteiger charge is 2.25. The third-order valence-corrected chi connectivity index (χ3v) is 7.93. The van der Waals surface area contributed by atoms with E-state index in [0.717, 1.165) is 30.4 Å². The van der Waals surface area contributed by atoms with Crippen LogP contribution in [0.5, 0.6) is 0 Å².